The number of hydrogen-bond donors (Lipinski definition) is 1. The van der Waals surface area contributed by atoms with E-state index in [4.69, 9.17) is 9.47 Å². The Morgan fingerprint density at radius 1 is 1.03 bits per heavy atom. The predicted molar refractivity (Wildman–Crippen MR) is 104 cm³/mol. The second-order valence-corrected chi connectivity index (χ2v) is 6.89. The number of fused-ring (bicyclic) bond motifs is 1. The number of likely N-dealkylation sites (tertiary alicyclic amines) is 1. The van der Waals surface area contributed by atoms with Gasteiger partial charge in [0.05, 0.1) is 29.7 Å². The summed E-state index contributed by atoms with van der Waals surface area (Å²) in [7, 11) is 0. The van der Waals surface area contributed by atoms with E-state index < -0.39 is 42.8 Å². The number of carbonyl (C=O) groups is 5. The van der Waals surface area contributed by atoms with Crippen LogP contribution >= 0.6 is 0 Å². The van der Waals surface area contributed by atoms with E-state index in [0.717, 1.165) is 4.90 Å². The van der Waals surface area contributed by atoms with Crippen LogP contribution in [-0.4, -0.2) is 54.3 Å². The smallest absolute Gasteiger partial charge is 0.340 e. The molecule has 0 aromatic heterocycles. The Morgan fingerprint density at radius 3 is 2.30 bits per heavy atom. The number of anilines is 1. The third-order valence-electron chi connectivity index (χ3n) is 4.95. The van der Waals surface area contributed by atoms with Gasteiger partial charge in [-0.25, -0.2) is 4.79 Å². The van der Waals surface area contributed by atoms with Gasteiger partial charge in [-0.2, -0.15) is 0 Å². The molecule has 0 spiro atoms. The Kier molecular flexibility index (Phi) is 6.61. The molecule has 0 unspecified atom stereocenters. The van der Waals surface area contributed by atoms with Gasteiger partial charge in [0, 0.05) is 0 Å². The van der Waals surface area contributed by atoms with Gasteiger partial charge < -0.3 is 14.8 Å². The van der Waals surface area contributed by atoms with Crippen LogP contribution in [0.4, 0.5) is 5.69 Å². The molecule has 1 aromatic rings. The number of rotatable bonds is 7. The van der Waals surface area contributed by atoms with E-state index >= 15 is 0 Å². The zero-order valence-electron chi connectivity index (χ0n) is 16.5. The lowest BCUT2D eigenvalue weighted by Crippen LogP contribution is -2.37. The van der Waals surface area contributed by atoms with E-state index in [1.807, 2.05) is 12.2 Å². The summed E-state index contributed by atoms with van der Waals surface area (Å²) in [6, 6.07) is 6.27. The van der Waals surface area contributed by atoms with E-state index in [9.17, 15) is 24.0 Å². The van der Waals surface area contributed by atoms with Gasteiger partial charge in [0.1, 0.15) is 6.54 Å². The van der Waals surface area contributed by atoms with Crippen LogP contribution in [-0.2, 0) is 28.7 Å². The van der Waals surface area contributed by atoms with Crippen molar-refractivity contribution in [3.8, 4) is 0 Å². The first-order chi connectivity index (χ1) is 14.4. The molecule has 30 heavy (non-hydrogen) atoms. The van der Waals surface area contributed by atoms with Gasteiger partial charge in [0.2, 0.25) is 11.8 Å². The van der Waals surface area contributed by atoms with Crippen molar-refractivity contribution < 1.29 is 33.4 Å². The number of para-hydroxylation sites is 1. The Bertz CT molecular complexity index is 882. The van der Waals surface area contributed by atoms with Crippen molar-refractivity contribution in [1.29, 1.82) is 0 Å². The monoisotopic (exact) mass is 414 g/mol. The van der Waals surface area contributed by atoms with Crippen molar-refractivity contribution in [2.45, 2.75) is 19.8 Å². The highest BCUT2D eigenvalue weighted by Crippen LogP contribution is 2.34. The van der Waals surface area contributed by atoms with Crippen LogP contribution in [0.3, 0.4) is 0 Å². The third kappa shape index (κ3) is 4.56. The zero-order chi connectivity index (χ0) is 21.7. The predicted octanol–water partition coefficient (Wildman–Crippen LogP) is 1.30. The molecular weight excluding hydrogens is 392 g/mol. The van der Waals surface area contributed by atoms with Crippen molar-refractivity contribution in [3.05, 3.63) is 42.0 Å². The van der Waals surface area contributed by atoms with Gasteiger partial charge in [-0.1, -0.05) is 24.3 Å². The molecule has 1 heterocycles. The topological polar surface area (TPSA) is 119 Å². The fourth-order valence-corrected chi connectivity index (χ4v) is 3.51. The molecule has 1 saturated heterocycles. The number of hydrogen-bond acceptors (Lipinski definition) is 7. The highest BCUT2D eigenvalue weighted by Gasteiger charge is 2.47. The highest BCUT2D eigenvalue weighted by molar-refractivity contribution is 6.07. The van der Waals surface area contributed by atoms with Crippen LogP contribution in [0.5, 0.6) is 0 Å². The van der Waals surface area contributed by atoms with Crippen molar-refractivity contribution >= 4 is 35.3 Å². The molecule has 1 aliphatic heterocycles. The maximum Gasteiger partial charge on any atom is 0.340 e. The molecule has 1 aromatic carbocycles. The summed E-state index contributed by atoms with van der Waals surface area (Å²) >= 11 is 0. The Labute approximate surface area is 173 Å². The summed E-state index contributed by atoms with van der Waals surface area (Å²) in [6.07, 6.45) is 4.66. The first-order valence-corrected chi connectivity index (χ1v) is 9.64. The van der Waals surface area contributed by atoms with Gasteiger partial charge in [0.25, 0.3) is 5.91 Å². The number of nitrogens with zero attached hydrogens (tertiary/aromatic N) is 1. The fourth-order valence-electron chi connectivity index (χ4n) is 3.51. The van der Waals surface area contributed by atoms with Crippen LogP contribution in [0.25, 0.3) is 0 Å². The van der Waals surface area contributed by atoms with E-state index in [1.54, 1.807) is 19.1 Å². The van der Waals surface area contributed by atoms with Crippen LogP contribution in [0.2, 0.25) is 0 Å². The van der Waals surface area contributed by atoms with Crippen LogP contribution < -0.4 is 5.32 Å². The summed E-state index contributed by atoms with van der Waals surface area (Å²) in [5.41, 5.74) is 0.391. The number of benzene rings is 1. The zero-order valence-corrected chi connectivity index (χ0v) is 16.5. The molecule has 9 heteroatoms. The van der Waals surface area contributed by atoms with Crippen molar-refractivity contribution in [1.82, 2.24) is 4.90 Å². The van der Waals surface area contributed by atoms with Gasteiger partial charge in [-0.3, -0.25) is 24.1 Å². The normalized spacial score (nSPS) is 20.0. The number of nitrogens with one attached hydrogen (secondary N) is 1. The number of ether oxygens (including phenoxy) is 2. The standard InChI is InChI=1S/C21H22N2O7/c1-2-29-21(28)15-9-5-6-10-16(15)22-17(24)12-30-18(25)11-23-19(26)13-7-3-4-8-14(13)20(23)27/h3-6,9-10,13-14H,2,7-8,11-12H2,1H3,(H,22,24)/t13-,14-/m0/s1. The minimum absolute atomic E-state index is 0.170. The summed E-state index contributed by atoms with van der Waals surface area (Å²) < 4.78 is 9.84. The lowest BCUT2D eigenvalue weighted by atomic mass is 9.85. The Balaban J connectivity index is 1.52. The Morgan fingerprint density at radius 2 is 1.67 bits per heavy atom. The molecule has 0 saturated carbocycles. The molecule has 9 nitrogen and oxygen atoms in total. The molecule has 2 aliphatic rings. The van der Waals surface area contributed by atoms with Gasteiger partial charge in [0.15, 0.2) is 6.61 Å². The molecule has 3 amide bonds. The molecular formula is C21H22N2O7. The second-order valence-electron chi connectivity index (χ2n) is 6.89. The number of carbonyl (C=O) groups excluding carboxylic acids is 5. The van der Waals surface area contributed by atoms with Gasteiger partial charge >= 0.3 is 11.9 Å². The number of esters is 2. The van der Waals surface area contributed by atoms with Crippen LogP contribution in [0.1, 0.15) is 30.1 Å². The number of amides is 3. The quantitative estimate of drug-likeness (QED) is 0.406. The van der Waals surface area contributed by atoms with Gasteiger partial charge in [-0.05, 0) is 31.9 Å². The Hall–Kier alpha value is -3.49. The van der Waals surface area contributed by atoms with E-state index in [0.29, 0.717) is 12.8 Å². The second kappa shape index (κ2) is 9.34. The maximum absolute atomic E-state index is 12.4. The molecule has 0 bridgehead atoms. The third-order valence-corrected chi connectivity index (χ3v) is 4.95. The summed E-state index contributed by atoms with van der Waals surface area (Å²) in [4.78, 5) is 61.8. The van der Waals surface area contributed by atoms with Crippen LogP contribution in [0.15, 0.2) is 36.4 Å². The van der Waals surface area contributed by atoms with Gasteiger partial charge in [-0.15, -0.1) is 0 Å². The SMILES string of the molecule is CCOC(=O)c1ccccc1NC(=O)COC(=O)CN1C(=O)[C@H]2CC=CC[C@@H]2C1=O. The molecule has 1 fully saturated rings. The lowest BCUT2D eigenvalue weighted by molar-refractivity contribution is -0.154. The average Bonchev–Trinajstić information content (AvgIpc) is 2.98. The molecule has 2 atom stereocenters. The molecule has 3 rings (SSSR count). The fraction of sp³-hybridized carbons (Fsp3) is 0.381. The summed E-state index contributed by atoms with van der Waals surface area (Å²) in [5, 5.41) is 2.48. The minimum atomic E-state index is -0.864. The summed E-state index contributed by atoms with van der Waals surface area (Å²) in [6.45, 7) is 0.697. The van der Waals surface area contributed by atoms with Crippen molar-refractivity contribution in [2.75, 3.05) is 25.1 Å². The molecule has 0 radical (unpaired) electrons. The largest absolute Gasteiger partial charge is 0.462 e. The number of imide groups is 1. The van der Waals surface area contributed by atoms with Crippen molar-refractivity contribution in [3.63, 3.8) is 0 Å². The van der Waals surface area contributed by atoms with E-state index in [-0.39, 0.29) is 29.7 Å². The lowest BCUT2D eigenvalue weighted by Gasteiger charge is -2.14. The van der Waals surface area contributed by atoms with E-state index in [1.165, 1.54) is 12.1 Å². The molecule has 1 aliphatic carbocycles. The molecule has 1 N–H and O–H groups in total. The van der Waals surface area contributed by atoms with E-state index in [2.05, 4.69) is 5.32 Å². The number of allylic oxidation sites excluding steroid dienone is 2. The van der Waals surface area contributed by atoms with Crippen LogP contribution in [0, 0.1) is 11.8 Å². The maximum atomic E-state index is 12.4. The first-order valence-electron chi connectivity index (χ1n) is 9.64. The summed E-state index contributed by atoms with van der Waals surface area (Å²) in [5.74, 6) is -3.77. The first kappa shape index (κ1) is 21.2. The molecule has 158 valence electrons. The average molecular weight is 414 g/mol. The van der Waals surface area contributed by atoms with Crippen molar-refractivity contribution in [2.24, 2.45) is 11.8 Å². The highest BCUT2D eigenvalue weighted by atomic mass is 16.5. The minimum Gasteiger partial charge on any atom is -0.462 e.